The summed E-state index contributed by atoms with van der Waals surface area (Å²) in [6, 6.07) is 10.5. The van der Waals surface area contributed by atoms with Crippen LogP contribution in [0.15, 0.2) is 30.3 Å². The van der Waals surface area contributed by atoms with E-state index in [-0.39, 0.29) is 12.1 Å². The Bertz CT molecular complexity index is 327. The van der Waals surface area contributed by atoms with Gasteiger partial charge in [0.2, 0.25) is 0 Å². The van der Waals surface area contributed by atoms with Gasteiger partial charge in [-0.1, -0.05) is 44.2 Å². The second-order valence-corrected chi connectivity index (χ2v) is 5.37. The van der Waals surface area contributed by atoms with Crippen LogP contribution in [0.1, 0.15) is 32.8 Å². The average molecular weight is 250 g/mol. The molecule has 0 aliphatic carbocycles. The molecule has 0 saturated heterocycles. The number of aliphatic hydroxyl groups is 1. The van der Waals surface area contributed by atoms with E-state index in [4.69, 9.17) is 0 Å². The first-order valence-corrected chi connectivity index (χ1v) is 6.73. The zero-order chi connectivity index (χ0) is 13.4. The van der Waals surface area contributed by atoms with Crippen molar-refractivity contribution in [3.63, 3.8) is 0 Å². The highest BCUT2D eigenvalue weighted by molar-refractivity contribution is 5.14. The largest absolute Gasteiger partial charge is 0.394 e. The summed E-state index contributed by atoms with van der Waals surface area (Å²) in [5.41, 5.74) is 7.56. The lowest BCUT2D eigenvalue weighted by Gasteiger charge is -2.33. The fourth-order valence-electron chi connectivity index (χ4n) is 1.66. The van der Waals surface area contributed by atoms with Gasteiger partial charge >= 0.3 is 0 Å². The molecular weight excluding hydrogens is 224 g/mol. The molecule has 3 N–H and O–H groups in total. The summed E-state index contributed by atoms with van der Waals surface area (Å²) in [4.78, 5) is 0. The third kappa shape index (κ3) is 4.77. The third-order valence-corrected chi connectivity index (χ3v) is 3.59. The zero-order valence-corrected chi connectivity index (χ0v) is 11.7. The van der Waals surface area contributed by atoms with Gasteiger partial charge in [-0.3, -0.25) is 5.43 Å². The number of rotatable bonds is 8. The second kappa shape index (κ2) is 7.52. The summed E-state index contributed by atoms with van der Waals surface area (Å²) in [6.07, 6.45) is 2.16. The van der Waals surface area contributed by atoms with E-state index in [1.807, 2.05) is 13.0 Å². The molecule has 1 aromatic carbocycles. The van der Waals surface area contributed by atoms with Crippen molar-refractivity contribution in [3.05, 3.63) is 35.9 Å². The first-order valence-electron chi connectivity index (χ1n) is 6.73. The molecule has 0 amide bonds. The van der Waals surface area contributed by atoms with Gasteiger partial charge in [-0.25, -0.2) is 5.43 Å². The predicted molar refractivity (Wildman–Crippen MR) is 76.2 cm³/mol. The number of hydrazine groups is 1. The first kappa shape index (κ1) is 15.2. The van der Waals surface area contributed by atoms with Crippen LogP contribution < -0.4 is 10.9 Å². The van der Waals surface area contributed by atoms with Crippen molar-refractivity contribution in [1.82, 2.24) is 10.9 Å². The van der Waals surface area contributed by atoms with E-state index in [0.29, 0.717) is 5.92 Å². The van der Waals surface area contributed by atoms with Crippen molar-refractivity contribution in [1.29, 1.82) is 0 Å². The highest BCUT2D eigenvalue weighted by atomic mass is 16.3. The van der Waals surface area contributed by atoms with Gasteiger partial charge in [0.05, 0.1) is 12.1 Å². The molecule has 0 aliphatic rings. The maximum atomic E-state index is 9.39. The summed E-state index contributed by atoms with van der Waals surface area (Å²) in [6.45, 7) is 7.28. The summed E-state index contributed by atoms with van der Waals surface area (Å²) >= 11 is 0. The molecule has 0 radical (unpaired) electrons. The van der Waals surface area contributed by atoms with Gasteiger partial charge in [-0.05, 0) is 31.2 Å². The van der Waals surface area contributed by atoms with Gasteiger partial charge in [0.1, 0.15) is 0 Å². The number of hydrogen-bond donors (Lipinski definition) is 3. The molecule has 0 bridgehead atoms. The smallest absolute Gasteiger partial charge is 0.0626 e. The standard InChI is InChI=1S/C15H26N2O/c1-13(2)15(3,12-18)17-16-11-7-10-14-8-5-4-6-9-14/h4-6,8-9,13,16-18H,7,10-12H2,1-3H3. The molecule has 0 fully saturated rings. The monoisotopic (exact) mass is 250 g/mol. The number of benzene rings is 1. The second-order valence-electron chi connectivity index (χ2n) is 5.37. The Morgan fingerprint density at radius 3 is 2.44 bits per heavy atom. The van der Waals surface area contributed by atoms with Crippen LogP contribution in [0.25, 0.3) is 0 Å². The van der Waals surface area contributed by atoms with Gasteiger partial charge in [0.15, 0.2) is 0 Å². The Hall–Kier alpha value is -0.900. The molecule has 18 heavy (non-hydrogen) atoms. The summed E-state index contributed by atoms with van der Waals surface area (Å²) in [5, 5.41) is 9.39. The Morgan fingerprint density at radius 1 is 1.22 bits per heavy atom. The number of nitrogens with one attached hydrogen (secondary N) is 2. The van der Waals surface area contributed by atoms with E-state index in [9.17, 15) is 5.11 Å². The molecule has 0 saturated carbocycles. The lowest BCUT2D eigenvalue weighted by molar-refractivity contribution is 0.117. The fourth-order valence-corrected chi connectivity index (χ4v) is 1.66. The van der Waals surface area contributed by atoms with E-state index in [1.54, 1.807) is 0 Å². The number of aryl methyl sites for hydroxylation is 1. The molecule has 1 unspecified atom stereocenters. The minimum Gasteiger partial charge on any atom is -0.394 e. The van der Waals surface area contributed by atoms with Crippen molar-refractivity contribution in [3.8, 4) is 0 Å². The molecule has 1 aromatic rings. The third-order valence-electron chi connectivity index (χ3n) is 3.59. The highest BCUT2D eigenvalue weighted by Gasteiger charge is 2.26. The van der Waals surface area contributed by atoms with Gasteiger partial charge < -0.3 is 5.11 Å². The maximum absolute atomic E-state index is 9.39. The highest BCUT2D eigenvalue weighted by Crippen LogP contribution is 2.14. The lowest BCUT2D eigenvalue weighted by Crippen LogP contribution is -2.56. The predicted octanol–water partition coefficient (Wildman–Crippen LogP) is 2.12. The first-order chi connectivity index (χ1) is 8.58. The zero-order valence-electron chi connectivity index (χ0n) is 11.7. The van der Waals surface area contributed by atoms with Crippen LogP contribution >= 0.6 is 0 Å². The van der Waals surface area contributed by atoms with Gasteiger partial charge in [0.25, 0.3) is 0 Å². The minimum absolute atomic E-state index is 0.135. The number of aliphatic hydroxyl groups excluding tert-OH is 1. The normalized spacial score (nSPS) is 14.7. The van der Waals surface area contributed by atoms with E-state index in [1.165, 1.54) is 5.56 Å². The van der Waals surface area contributed by atoms with Crippen LogP contribution in [0.2, 0.25) is 0 Å². The topological polar surface area (TPSA) is 44.3 Å². The summed E-state index contributed by atoms with van der Waals surface area (Å²) < 4.78 is 0. The number of hydrogen-bond acceptors (Lipinski definition) is 3. The summed E-state index contributed by atoms with van der Waals surface area (Å²) in [7, 11) is 0. The lowest BCUT2D eigenvalue weighted by atomic mass is 9.90. The fraction of sp³-hybridized carbons (Fsp3) is 0.600. The molecule has 0 aromatic heterocycles. The van der Waals surface area contributed by atoms with Crippen molar-refractivity contribution in [2.45, 2.75) is 39.2 Å². The van der Waals surface area contributed by atoms with Crippen molar-refractivity contribution >= 4 is 0 Å². The van der Waals surface area contributed by atoms with E-state index in [2.05, 4.69) is 49.0 Å². The molecule has 1 rings (SSSR count). The van der Waals surface area contributed by atoms with Crippen molar-refractivity contribution in [2.24, 2.45) is 5.92 Å². The molecular formula is C15H26N2O. The molecule has 0 spiro atoms. The van der Waals surface area contributed by atoms with E-state index in [0.717, 1.165) is 19.4 Å². The van der Waals surface area contributed by atoms with Crippen LogP contribution in [0, 0.1) is 5.92 Å². The van der Waals surface area contributed by atoms with Crippen molar-refractivity contribution in [2.75, 3.05) is 13.2 Å². The maximum Gasteiger partial charge on any atom is 0.0626 e. The average Bonchev–Trinajstić information content (AvgIpc) is 2.39. The van der Waals surface area contributed by atoms with E-state index < -0.39 is 0 Å². The minimum atomic E-state index is -0.257. The Balaban J connectivity index is 2.19. The molecule has 0 heterocycles. The van der Waals surface area contributed by atoms with Crippen LogP contribution in [0.4, 0.5) is 0 Å². The van der Waals surface area contributed by atoms with Gasteiger partial charge in [-0.15, -0.1) is 0 Å². The van der Waals surface area contributed by atoms with E-state index >= 15 is 0 Å². The SMILES string of the molecule is CC(C)C(C)(CO)NNCCCc1ccccc1. The quantitative estimate of drug-likeness (QED) is 0.489. The van der Waals surface area contributed by atoms with Crippen LogP contribution in [0.5, 0.6) is 0 Å². The van der Waals surface area contributed by atoms with Gasteiger partial charge in [-0.2, -0.15) is 0 Å². The molecule has 1 atom stereocenters. The Kier molecular flexibility index (Phi) is 6.33. The van der Waals surface area contributed by atoms with Crippen LogP contribution in [0.3, 0.4) is 0 Å². The van der Waals surface area contributed by atoms with Crippen LogP contribution in [-0.4, -0.2) is 23.8 Å². The van der Waals surface area contributed by atoms with Crippen LogP contribution in [-0.2, 0) is 6.42 Å². The molecule has 0 aliphatic heterocycles. The Morgan fingerprint density at radius 2 is 1.89 bits per heavy atom. The van der Waals surface area contributed by atoms with Gasteiger partial charge in [0, 0.05) is 6.54 Å². The van der Waals surface area contributed by atoms with Crippen molar-refractivity contribution < 1.29 is 5.11 Å². The molecule has 3 nitrogen and oxygen atoms in total. The summed E-state index contributed by atoms with van der Waals surface area (Å²) in [5.74, 6) is 0.379. The Labute approximate surface area is 111 Å². The molecule has 3 heteroatoms. The molecule has 102 valence electrons.